The molecule has 2 rings (SSSR count). The van der Waals surface area contributed by atoms with E-state index < -0.39 is 0 Å². The Morgan fingerprint density at radius 2 is 1.38 bits per heavy atom. The Morgan fingerprint density at radius 3 is 1.92 bits per heavy atom. The highest BCUT2D eigenvalue weighted by Gasteiger charge is 2.40. The van der Waals surface area contributed by atoms with E-state index in [0.29, 0.717) is 0 Å². The SMILES string of the molecule is CC1(C)COC2(CCCCC2)OC1. The molecule has 0 unspecified atom stereocenters. The highest BCUT2D eigenvalue weighted by Crippen LogP contribution is 2.38. The largest absolute Gasteiger partial charge is 0.349 e. The molecule has 76 valence electrons. The van der Waals surface area contributed by atoms with Gasteiger partial charge in [0.05, 0.1) is 13.2 Å². The van der Waals surface area contributed by atoms with Crippen molar-refractivity contribution in [2.75, 3.05) is 13.2 Å². The van der Waals surface area contributed by atoms with Crippen LogP contribution >= 0.6 is 0 Å². The van der Waals surface area contributed by atoms with E-state index in [-0.39, 0.29) is 11.2 Å². The fourth-order valence-electron chi connectivity index (χ4n) is 2.12. The van der Waals surface area contributed by atoms with Crippen LogP contribution in [0.2, 0.25) is 0 Å². The van der Waals surface area contributed by atoms with E-state index in [1.165, 1.54) is 19.3 Å². The summed E-state index contributed by atoms with van der Waals surface area (Å²) in [5.74, 6) is -0.187. The Morgan fingerprint density at radius 1 is 0.846 bits per heavy atom. The zero-order valence-electron chi connectivity index (χ0n) is 8.77. The Balaban J connectivity index is 1.95. The average molecular weight is 184 g/mol. The van der Waals surface area contributed by atoms with E-state index in [4.69, 9.17) is 9.47 Å². The van der Waals surface area contributed by atoms with Crippen LogP contribution in [0.1, 0.15) is 46.0 Å². The molecular weight excluding hydrogens is 164 g/mol. The lowest BCUT2D eigenvalue weighted by molar-refractivity contribution is -0.309. The first kappa shape index (κ1) is 9.47. The van der Waals surface area contributed by atoms with Gasteiger partial charge in [-0.1, -0.05) is 20.3 Å². The Labute approximate surface area is 80.6 Å². The third-order valence-corrected chi connectivity index (χ3v) is 3.07. The monoisotopic (exact) mass is 184 g/mol. The smallest absolute Gasteiger partial charge is 0.168 e. The molecular formula is C11H20O2. The number of ether oxygens (including phenoxy) is 2. The summed E-state index contributed by atoms with van der Waals surface area (Å²) in [6, 6.07) is 0. The Kier molecular flexibility index (Phi) is 2.37. The van der Waals surface area contributed by atoms with Gasteiger partial charge in [-0.25, -0.2) is 0 Å². The maximum atomic E-state index is 5.90. The van der Waals surface area contributed by atoms with Crippen molar-refractivity contribution < 1.29 is 9.47 Å². The molecule has 13 heavy (non-hydrogen) atoms. The van der Waals surface area contributed by atoms with Gasteiger partial charge in [0.15, 0.2) is 5.79 Å². The minimum Gasteiger partial charge on any atom is -0.349 e. The molecule has 2 aliphatic rings. The lowest BCUT2D eigenvalue weighted by atomic mass is 9.89. The maximum Gasteiger partial charge on any atom is 0.168 e. The summed E-state index contributed by atoms with van der Waals surface area (Å²) in [5, 5.41) is 0. The Hall–Kier alpha value is -0.0800. The molecule has 1 aliphatic carbocycles. The summed E-state index contributed by atoms with van der Waals surface area (Å²) in [7, 11) is 0. The molecule has 0 N–H and O–H groups in total. The van der Waals surface area contributed by atoms with Crippen LogP contribution < -0.4 is 0 Å². The van der Waals surface area contributed by atoms with E-state index in [1.807, 2.05) is 0 Å². The second-order valence-electron chi connectivity index (χ2n) is 5.21. The number of hydrogen-bond acceptors (Lipinski definition) is 2. The van der Waals surface area contributed by atoms with Gasteiger partial charge in [0.1, 0.15) is 0 Å². The quantitative estimate of drug-likeness (QED) is 0.576. The molecule has 1 aliphatic heterocycles. The van der Waals surface area contributed by atoms with Crippen molar-refractivity contribution in [3.05, 3.63) is 0 Å². The third kappa shape index (κ3) is 2.05. The molecule has 0 atom stereocenters. The molecule has 1 spiro atoms. The summed E-state index contributed by atoms with van der Waals surface area (Å²) >= 11 is 0. The standard InChI is InChI=1S/C11H20O2/c1-10(2)8-12-11(13-9-10)6-4-3-5-7-11/h3-9H2,1-2H3. The van der Waals surface area contributed by atoms with Crippen LogP contribution in [0.25, 0.3) is 0 Å². The van der Waals surface area contributed by atoms with Gasteiger partial charge in [-0.3, -0.25) is 0 Å². The summed E-state index contributed by atoms with van der Waals surface area (Å²) in [4.78, 5) is 0. The lowest BCUT2D eigenvalue weighted by Crippen LogP contribution is -2.48. The summed E-state index contributed by atoms with van der Waals surface area (Å²) < 4.78 is 11.8. The van der Waals surface area contributed by atoms with E-state index >= 15 is 0 Å². The van der Waals surface area contributed by atoms with Gasteiger partial charge < -0.3 is 9.47 Å². The number of rotatable bonds is 0. The van der Waals surface area contributed by atoms with E-state index in [0.717, 1.165) is 26.1 Å². The molecule has 0 aromatic heterocycles. The summed E-state index contributed by atoms with van der Waals surface area (Å²) in [6.07, 6.45) is 6.07. The molecule has 0 radical (unpaired) electrons. The highest BCUT2D eigenvalue weighted by atomic mass is 16.7. The predicted octanol–water partition coefficient (Wildman–Crippen LogP) is 2.72. The van der Waals surface area contributed by atoms with Crippen molar-refractivity contribution in [1.82, 2.24) is 0 Å². The van der Waals surface area contributed by atoms with Crippen LogP contribution in [-0.4, -0.2) is 19.0 Å². The average Bonchev–Trinajstić information content (AvgIpc) is 2.13. The van der Waals surface area contributed by atoms with Gasteiger partial charge in [-0.2, -0.15) is 0 Å². The minimum atomic E-state index is -0.187. The van der Waals surface area contributed by atoms with Crippen LogP contribution in [0.4, 0.5) is 0 Å². The van der Waals surface area contributed by atoms with Crippen LogP contribution in [0.3, 0.4) is 0 Å². The van der Waals surface area contributed by atoms with Crippen LogP contribution in [0.5, 0.6) is 0 Å². The first-order valence-corrected chi connectivity index (χ1v) is 5.40. The van der Waals surface area contributed by atoms with Crippen molar-refractivity contribution in [3.8, 4) is 0 Å². The fourth-order valence-corrected chi connectivity index (χ4v) is 2.12. The van der Waals surface area contributed by atoms with Gasteiger partial charge >= 0.3 is 0 Å². The summed E-state index contributed by atoms with van der Waals surface area (Å²) in [6.45, 7) is 6.10. The maximum absolute atomic E-state index is 5.90. The zero-order valence-corrected chi connectivity index (χ0v) is 8.77. The molecule has 0 amide bonds. The highest BCUT2D eigenvalue weighted by molar-refractivity contribution is 4.82. The van der Waals surface area contributed by atoms with E-state index in [2.05, 4.69) is 13.8 Å². The van der Waals surface area contributed by atoms with Gasteiger partial charge in [0.25, 0.3) is 0 Å². The molecule has 0 bridgehead atoms. The van der Waals surface area contributed by atoms with Crippen molar-refractivity contribution in [3.63, 3.8) is 0 Å². The normalized spacial score (nSPS) is 31.8. The van der Waals surface area contributed by atoms with E-state index in [9.17, 15) is 0 Å². The molecule has 1 heterocycles. The van der Waals surface area contributed by atoms with Crippen molar-refractivity contribution in [2.24, 2.45) is 5.41 Å². The summed E-state index contributed by atoms with van der Waals surface area (Å²) in [5.41, 5.74) is 0.211. The second kappa shape index (κ2) is 3.25. The van der Waals surface area contributed by atoms with Gasteiger partial charge in [-0.15, -0.1) is 0 Å². The first-order chi connectivity index (χ1) is 6.12. The van der Waals surface area contributed by atoms with Gasteiger partial charge in [-0.05, 0) is 12.8 Å². The molecule has 2 nitrogen and oxygen atoms in total. The van der Waals surface area contributed by atoms with Crippen LogP contribution in [0, 0.1) is 5.41 Å². The molecule has 0 aromatic carbocycles. The van der Waals surface area contributed by atoms with Crippen LogP contribution in [-0.2, 0) is 9.47 Å². The Bertz CT molecular complexity index is 169. The minimum absolute atomic E-state index is 0.187. The zero-order chi connectivity index (χ0) is 9.36. The number of hydrogen-bond donors (Lipinski definition) is 0. The van der Waals surface area contributed by atoms with Crippen molar-refractivity contribution in [1.29, 1.82) is 0 Å². The third-order valence-electron chi connectivity index (χ3n) is 3.07. The molecule has 2 fully saturated rings. The van der Waals surface area contributed by atoms with Gasteiger partial charge in [0, 0.05) is 18.3 Å². The second-order valence-corrected chi connectivity index (χ2v) is 5.21. The molecule has 1 saturated heterocycles. The predicted molar refractivity (Wildman–Crippen MR) is 51.5 cm³/mol. The topological polar surface area (TPSA) is 18.5 Å². The van der Waals surface area contributed by atoms with Crippen molar-refractivity contribution >= 4 is 0 Å². The molecule has 1 saturated carbocycles. The van der Waals surface area contributed by atoms with Crippen molar-refractivity contribution in [2.45, 2.75) is 51.7 Å². The van der Waals surface area contributed by atoms with E-state index in [1.54, 1.807) is 0 Å². The first-order valence-electron chi connectivity index (χ1n) is 5.40. The lowest BCUT2D eigenvalue weighted by Gasteiger charge is -2.45. The van der Waals surface area contributed by atoms with Gasteiger partial charge in [0.2, 0.25) is 0 Å². The fraction of sp³-hybridized carbons (Fsp3) is 1.00. The molecule has 0 aromatic rings. The van der Waals surface area contributed by atoms with Crippen LogP contribution in [0.15, 0.2) is 0 Å². The molecule has 2 heteroatoms.